The summed E-state index contributed by atoms with van der Waals surface area (Å²) in [5, 5.41) is 5.09. The molecule has 3 nitrogen and oxygen atoms in total. The second-order valence-corrected chi connectivity index (χ2v) is 5.92. The molecule has 0 aromatic carbocycles. The summed E-state index contributed by atoms with van der Waals surface area (Å²) in [4.78, 5) is 15.6. The molecule has 18 heavy (non-hydrogen) atoms. The van der Waals surface area contributed by atoms with Gasteiger partial charge in [-0.05, 0) is 50.6 Å². The number of thiophene rings is 1. The fourth-order valence-electron chi connectivity index (χ4n) is 2.65. The molecule has 1 atom stereocenters. The third kappa shape index (κ3) is 3.56. The van der Waals surface area contributed by atoms with Gasteiger partial charge in [0.05, 0.1) is 6.54 Å². The number of carbonyl (C=O) groups excluding carboxylic acids is 1. The zero-order chi connectivity index (χ0) is 12.8. The zero-order valence-corrected chi connectivity index (χ0v) is 11.8. The monoisotopic (exact) mass is 266 g/mol. The zero-order valence-electron chi connectivity index (χ0n) is 11.0. The van der Waals surface area contributed by atoms with Crippen LogP contribution in [0.4, 0.5) is 0 Å². The van der Waals surface area contributed by atoms with Gasteiger partial charge in [0.25, 0.3) is 0 Å². The van der Waals surface area contributed by atoms with Crippen LogP contribution in [0.5, 0.6) is 0 Å². The molecule has 1 aliphatic heterocycles. The van der Waals surface area contributed by atoms with Gasteiger partial charge in [0.2, 0.25) is 5.91 Å². The van der Waals surface area contributed by atoms with Crippen molar-refractivity contribution in [2.45, 2.75) is 38.1 Å². The van der Waals surface area contributed by atoms with Crippen LogP contribution in [0.3, 0.4) is 0 Å². The van der Waals surface area contributed by atoms with E-state index in [2.05, 4.69) is 27.7 Å². The van der Waals surface area contributed by atoms with Crippen LogP contribution in [0.15, 0.2) is 17.5 Å². The van der Waals surface area contributed by atoms with Gasteiger partial charge in [0, 0.05) is 17.5 Å². The maximum absolute atomic E-state index is 12.0. The summed E-state index contributed by atoms with van der Waals surface area (Å²) in [5.41, 5.74) is 0. The maximum Gasteiger partial charge on any atom is 0.236 e. The minimum atomic E-state index is 0.258. The van der Waals surface area contributed by atoms with E-state index in [9.17, 15) is 4.79 Å². The van der Waals surface area contributed by atoms with E-state index in [1.54, 1.807) is 0 Å². The lowest BCUT2D eigenvalue weighted by Gasteiger charge is -2.36. The molecule has 0 saturated carbocycles. The molecule has 4 heteroatoms. The van der Waals surface area contributed by atoms with Crippen LogP contribution in [0.1, 0.15) is 30.6 Å². The smallest absolute Gasteiger partial charge is 0.236 e. The highest BCUT2D eigenvalue weighted by atomic mass is 32.1. The first kappa shape index (κ1) is 13.6. The Bertz CT molecular complexity index is 364. The van der Waals surface area contributed by atoms with Crippen LogP contribution in [-0.4, -0.2) is 37.0 Å². The topological polar surface area (TPSA) is 32.3 Å². The largest absolute Gasteiger partial charge is 0.339 e. The predicted octanol–water partition coefficient (Wildman–Crippen LogP) is 2.28. The Morgan fingerprint density at radius 2 is 2.44 bits per heavy atom. The summed E-state index contributed by atoms with van der Waals surface area (Å²) in [6.07, 6.45) is 5.80. The van der Waals surface area contributed by atoms with Gasteiger partial charge in [-0.2, -0.15) is 0 Å². The van der Waals surface area contributed by atoms with Crippen molar-refractivity contribution in [1.29, 1.82) is 0 Å². The van der Waals surface area contributed by atoms with Gasteiger partial charge in [-0.3, -0.25) is 4.79 Å². The quantitative estimate of drug-likeness (QED) is 0.887. The molecule has 0 aliphatic carbocycles. The average molecular weight is 266 g/mol. The molecule has 0 bridgehead atoms. The van der Waals surface area contributed by atoms with E-state index >= 15 is 0 Å². The molecule has 1 amide bonds. The molecule has 1 aromatic rings. The molecule has 0 spiro atoms. The molecule has 1 fully saturated rings. The number of likely N-dealkylation sites (tertiary alicyclic amines) is 1. The lowest BCUT2D eigenvalue weighted by molar-refractivity contribution is -0.133. The Balaban J connectivity index is 1.89. The van der Waals surface area contributed by atoms with E-state index in [1.807, 2.05) is 18.4 Å². The third-order valence-electron chi connectivity index (χ3n) is 3.58. The minimum absolute atomic E-state index is 0.258. The van der Waals surface area contributed by atoms with Crippen LogP contribution in [0.2, 0.25) is 0 Å². The van der Waals surface area contributed by atoms with E-state index in [4.69, 9.17) is 0 Å². The Hall–Kier alpha value is -0.870. The fourth-order valence-corrected chi connectivity index (χ4v) is 3.37. The predicted molar refractivity (Wildman–Crippen MR) is 75.9 cm³/mol. The molecule has 0 radical (unpaired) electrons. The molecule has 1 saturated heterocycles. The van der Waals surface area contributed by atoms with Crippen LogP contribution in [0, 0.1) is 0 Å². The highest BCUT2D eigenvalue weighted by molar-refractivity contribution is 7.09. The number of hydrogen-bond acceptors (Lipinski definition) is 3. The van der Waals surface area contributed by atoms with E-state index in [0.29, 0.717) is 12.6 Å². The summed E-state index contributed by atoms with van der Waals surface area (Å²) in [6.45, 7) is 1.41. The first-order chi connectivity index (χ1) is 8.81. The molecule has 1 aromatic heterocycles. The molecule has 2 heterocycles. The summed E-state index contributed by atoms with van der Waals surface area (Å²) in [6, 6.07) is 4.74. The second-order valence-electron chi connectivity index (χ2n) is 4.89. The van der Waals surface area contributed by atoms with Crippen molar-refractivity contribution in [2.24, 2.45) is 0 Å². The van der Waals surface area contributed by atoms with Crippen LogP contribution in [-0.2, 0) is 11.2 Å². The highest BCUT2D eigenvalue weighted by Crippen LogP contribution is 2.22. The van der Waals surface area contributed by atoms with Gasteiger partial charge in [0.15, 0.2) is 0 Å². The van der Waals surface area contributed by atoms with Gasteiger partial charge in [-0.15, -0.1) is 11.3 Å². The Kier molecular flexibility index (Phi) is 5.20. The number of aryl methyl sites for hydroxylation is 1. The van der Waals surface area contributed by atoms with Gasteiger partial charge < -0.3 is 10.2 Å². The number of nitrogens with one attached hydrogen (secondary N) is 1. The second kappa shape index (κ2) is 6.90. The van der Waals surface area contributed by atoms with Crippen molar-refractivity contribution >= 4 is 17.2 Å². The van der Waals surface area contributed by atoms with E-state index in [1.165, 1.54) is 17.7 Å². The maximum atomic E-state index is 12.0. The van der Waals surface area contributed by atoms with Crippen molar-refractivity contribution in [3.8, 4) is 0 Å². The Morgan fingerprint density at radius 3 is 3.17 bits per heavy atom. The molecule has 100 valence electrons. The summed E-state index contributed by atoms with van der Waals surface area (Å²) in [7, 11) is 1.84. The Morgan fingerprint density at radius 1 is 1.56 bits per heavy atom. The molecule has 1 aliphatic rings. The molecular formula is C14H22N2OS. The number of carbonyl (C=O) groups is 1. The SMILES string of the molecule is CNCC(=O)N1CCCC[C@@H]1CCc1cccs1. The average Bonchev–Trinajstić information content (AvgIpc) is 2.90. The van der Waals surface area contributed by atoms with Crippen LogP contribution >= 0.6 is 11.3 Å². The molecule has 1 N–H and O–H groups in total. The highest BCUT2D eigenvalue weighted by Gasteiger charge is 2.25. The number of nitrogens with zero attached hydrogens (tertiary/aromatic N) is 1. The minimum Gasteiger partial charge on any atom is -0.339 e. The van der Waals surface area contributed by atoms with Crippen molar-refractivity contribution in [1.82, 2.24) is 10.2 Å². The van der Waals surface area contributed by atoms with Crippen molar-refractivity contribution in [3.63, 3.8) is 0 Å². The number of piperidine rings is 1. The van der Waals surface area contributed by atoms with Crippen molar-refractivity contribution in [3.05, 3.63) is 22.4 Å². The van der Waals surface area contributed by atoms with Crippen molar-refractivity contribution in [2.75, 3.05) is 20.1 Å². The molecule has 2 rings (SSSR count). The first-order valence-electron chi connectivity index (χ1n) is 6.77. The summed E-state index contributed by atoms with van der Waals surface area (Å²) >= 11 is 1.82. The molecular weight excluding hydrogens is 244 g/mol. The number of likely N-dealkylation sites (N-methyl/N-ethyl adjacent to an activating group) is 1. The van der Waals surface area contributed by atoms with Gasteiger partial charge in [0.1, 0.15) is 0 Å². The fraction of sp³-hybridized carbons (Fsp3) is 0.643. The normalized spacial score (nSPS) is 20.1. The Labute approximate surface area is 113 Å². The molecule has 0 unspecified atom stereocenters. The third-order valence-corrected chi connectivity index (χ3v) is 4.52. The number of amides is 1. The number of rotatable bonds is 5. The standard InChI is InChI=1S/C14H22N2OS/c1-15-11-14(17)16-9-3-2-5-12(16)7-8-13-6-4-10-18-13/h4,6,10,12,15H,2-3,5,7-9,11H2,1H3/t12-/m1/s1. The summed E-state index contributed by atoms with van der Waals surface area (Å²) < 4.78 is 0. The van der Waals surface area contributed by atoms with E-state index in [-0.39, 0.29) is 5.91 Å². The first-order valence-corrected chi connectivity index (χ1v) is 7.65. The number of hydrogen-bond donors (Lipinski definition) is 1. The van der Waals surface area contributed by atoms with Crippen LogP contribution < -0.4 is 5.32 Å². The lowest BCUT2D eigenvalue weighted by atomic mass is 9.97. The van der Waals surface area contributed by atoms with Gasteiger partial charge >= 0.3 is 0 Å². The van der Waals surface area contributed by atoms with Gasteiger partial charge in [-0.1, -0.05) is 6.07 Å². The van der Waals surface area contributed by atoms with E-state index in [0.717, 1.165) is 25.8 Å². The summed E-state index contributed by atoms with van der Waals surface area (Å²) in [5.74, 6) is 0.258. The lowest BCUT2D eigenvalue weighted by Crippen LogP contribution is -2.47. The van der Waals surface area contributed by atoms with Gasteiger partial charge in [-0.25, -0.2) is 0 Å². The van der Waals surface area contributed by atoms with E-state index < -0.39 is 0 Å². The van der Waals surface area contributed by atoms with Crippen molar-refractivity contribution < 1.29 is 4.79 Å². The van der Waals surface area contributed by atoms with Crippen LogP contribution in [0.25, 0.3) is 0 Å².